The van der Waals surface area contributed by atoms with Crippen molar-refractivity contribution in [2.45, 2.75) is 19.4 Å². The van der Waals surface area contributed by atoms with E-state index in [2.05, 4.69) is 10.6 Å². The van der Waals surface area contributed by atoms with Gasteiger partial charge in [0.25, 0.3) is 0 Å². The fraction of sp³-hybridized carbons (Fsp3) is 0.800. The minimum Gasteiger partial charge on any atom is -0.377 e. The molecule has 0 aromatic rings. The first-order chi connectivity index (χ1) is 7.70. The Hall–Kier alpha value is -1.30. The molecular formula is C10H19N3O3. The predicted molar refractivity (Wildman–Crippen MR) is 59.1 cm³/mol. The van der Waals surface area contributed by atoms with E-state index in [1.54, 1.807) is 7.05 Å². The van der Waals surface area contributed by atoms with Gasteiger partial charge in [-0.2, -0.15) is 0 Å². The minimum atomic E-state index is -0.518. The molecule has 16 heavy (non-hydrogen) atoms. The Morgan fingerprint density at radius 1 is 1.50 bits per heavy atom. The number of carbonyl (C=O) groups is 2. The highest BCUT2D eigenvalue weighted by Gasteiger charge is 2.31. The van der Waals surface area contributed by atoms with Crippen LogP contribution in [0.1, 0.15) is 13.3 Å². The van der Waals surface area contributed by atoms with Gasteiger partial charge in [-0.05, 0) is 6.42 Å². The molecule has 92 valence electrons. The number of amides is 3. The van der Waals surface area contributed by atoms with Crippen molar-refractivity contribution in [2.24, 2.45) is 0 Å². The van der Waals surface area contributed by atoms with Gasteiger partial charge in [-0.1, -0.05) is 6.92 Å². The van der Waals surface area contributed by atoms with Crippen molar-refractivity contribution in [2.75, 3.05) is 33.4 Å². The zero-order valence-corrected chi connectivity index (χ0v) is 9.78. The van der Waals surface area contributed by atoms with E-state index in [9.17, 15) is 9.59 Å². The predicted octanol–water partition coefficient (Wildman–Crippen LogP) is -0.447. The maximum Gasteiger partial charge on any atom is 0.318 e. The molecule has 0 bridgehead atoms. The normalized spacial score (nSPS) is 20.4. The van der Waals surface area contributed by atoms with Gasteiger partial charge in [0.1, 0.15) is 6.04 Å². The lowest BCUT2D eigenvalue weighted by atomic mass is 10.2. The molecule has 0 aliphatic carbocycles. The molecule has 0 spiro atoms. The van der Waals surface area contributed by atoms with Gasteiger partial charge in [0, 0.05) is 20.1 Å². The summed E-state index contributed by atoms with van der Waals surface area (Å²) in [6.07, 6.45) is 0.876. The zero-order chi connectivity index (χ0) is 12.0. The summed E-state index contributed by atoms with van der Waals surface area (Å²) in [6, 6.07) is -0.714. The topological polar surface area (TPSA) is 70.7 Å². The van der Waals surface area contributed by atoms with Gasteiger partial charge in [0.2, 0.25) is 5.91 Å². The third-order valence-electron chi connectivity index (χ3n) is 2.46. The molecule has 0 aromatic carbocycles. The van der Waals surface area contributed by atoms with Crippen LogP contribution in [-0.4, -0.2) is 56.2 Å². The van der Waals surface area contributed by atoms with Crippen molar-refractivity contribution in [1.29, 1.82) is 0 Å². The number of nitrogens with one attached hydrogen (secondary N) is 2. The Morgan fingerprint density at radius 2 is 2.25 bits per heavy atom. The van der Waals surface area contributed by atoms with Crippen LogP contribution in [-0.2, 0) is 9.53 Å². The standard InChI is InChI=1S/C10H19N3O3/c1-3-4-12-10(15)13-5-6-16-7-8(13)9(14)11-2/h8H,3-7H2,1-2H3,(H,11,14)(H,12,15). The molecule has 3 amide bonds. The highest BCUT2D eigenvalue weighted by atomic mass is 16.5. The first-order valence-corrected chi connectivity index (χ1v) is 5.54. The maximum absolute atomic E-state index is 11.8. The smallest absolute Gasteiger partial charge is 0.318 e. The lowest BCUT2D eigenvalue weighted by Gasteiger charge is -2.34. The van der Waals surface area contributed by atoms with Gasteiger partial charge < -0.3 is 20.3 Å². The average molecular weight is 229 g/mol. The minimum absolute atomic E-state index is 0.189. The van der Waals surface area contributed by atoms with Crippen LogP contribution >= 0.6 is 0 Å². The number of ether oxygens (including phenoxy) is 1. The zero-order valence-electron chi connectivity index (χ0n) is 9.78. The van der Waals surface area contributed by atoms with Crippen molar-refractivity contribution >= 4 is 11.9 Å². The van der Waals surface area contributed by atoms with Crippen molar-refractivity contribution in [1.82, 2.24) is 15.5 Å². The lowest BCUT2D eigenvalue weighted by Crippen LogP contribution is -2.57. The molecule has 6 nitrogen and oxygen atoms in total. The third kappa shape index (κ3) is 3.10. The Balaban J connectivity index is 2.59. The molecule has 1 fully saturated rings. The van der Waals surface area contributed by atoms with Crippen LogP contribution in [0.5, 0.6) is 0 Å². The monoisotopic (exact) mass is 229 g/mol. The molecule has 0 saturated carbocycles. The van der Waals surface area contributed by atoms with E-state index in [0.29, 0.717) is 19.7 Å². The van der Waals surface area contributed by atoms with E-state index >= 15 is 0 Å². The highest BCUT2D eigenvalue weighted by Crippen LogP contribution is 2.07. The van der Waals surface area contributed by atoms with E-state index in [-0.39, 0.29) is 18.5 Å². The Labute approximate surface area is 95.3 Å². The van der Waals surface area contributed by atoms with Crippen molar-refractivity contribution < 1.29 is 14.3 Å². The fourth-order valence-corrected chi connectivity index (χ4v) is 1.56. The molecule has 1 aliphatic rings. The van der Waals surface area contributed by atoms with Crippen LogP contribution in [0.3, 0.4) is 0 Å². The Morgan fingerprint density at radius 3 is 2.88 bits per heavy atom. The number of hydrogen-bond acceptors (Lipinski definition) is 3. The molecule has 1 saturated heterocycles. The summed E-state index contributed by atoms with van der Waals surface area (Å²) in [5.74, 6) is -0.189. The van der Waals surface area contributed by atoms with Crippen LogP contribution in [0.2, 0.25) is 0 Å². The molecule has 1 rings (SSSR count). The summed E-state index contributed by atoms with van der Waals surface area (Å²) < 4.78 is 5.21. The summed E-state index contributed by atoms with van der Waals surface area (Å²) in [5.41, 5.74) is 0. The molecule has 0 aromatic heterocycles. The van der Waals surface area contributed by atoms with Crippen LogP contribution < -0.4 is 10.6 Å². The SMILES string of the molecule is CCCNC(=O)N1CCOCC1C(=O)NC. The summed E-state index contributed by atoms with van der Waals surface area (Å²) in [4.78, 5) is 24.8. The van der Waals surface area contributed by atoms with E-state index in [0.717, 1.165) is 6.42 Å². The molecule has 1 aliphatic heterocycles. The quantitative estimate of drug-likeness (QED) is 0.689. The van der Waals surface area contributed by atoms with E-state index in [1.165, 1.54) is 4.90 Å². The number of nitrogens with zero attached hydrogens (tertiary/aromatic N) is 1. The average Bonchev–Trinajstić information content (AvgIpc) is 2.35. The second kappa shape index (κ2) is 6.32. The van der Waals surface area contributed by atoms with E-state index in [4.69, 9.17) is 4.74 Å². The number of morpholine rings is 1. The molecule has 2 N–H and O–H groups in total. The second-order valence-electron chi connectivity index (χ2n) is 3.63. The summed E-state index contributed by atoms with van der Waals surface area (Å²) in [6.45, 7) is 3.80. The fourth-order valence-electron chi connectivity index (χ4n) is 1.56. The number of carbonyl (C=O) groups excluding carboxylic acids is 2. The molecule has 6 heteroatoms. The number of likely N-dealkylation sites (N-methyl/N-ethyl adjacent to an activating group) is 1. The van der Waals surface area contributed by atoms with Crippen molar-refractivity contribution in [3.8, 4) is 0 Å². The van der Waals surface area contributed by atoms with Gasteiger partial charge in [0.05, 0.1) is 13.2 Å². The number of rotatable bonds is 3. The van der Waals surface area contributed by atoms with Gasteiger partial charge in [-0.3, -0.25) is 4.79 Å². The van der Waals surface area contributed by atoms with E-state index in [1.807, 2.05) is 6.92 Å². The van der Waals surface area contributed by atoms with Gasteiger partial charge in [-0.15, -0.1) is 0 Å². The summed E-state index contributed by atoms with van der Waals surface area (Å²) in [5, 5.41) is 5.30. The number of urea groups is 1. The van der Waals surface area contributed by atoms with Crippen molar-refractivity contribution in [3.05, 3.63) is 0 Å². The van der Waals surface area contributed by atoms with Gasteiger partial charge in [0.15, 0.2) is 0 Å². The van der Waals surface area contributed by atoms with Crippen LogP contribution in [0.25, 0.3) is 0 Å². The lowest BCUT2D eigenvalue weighted by molar-refractivity contribution is -0.129. The molecule has 1 unspecified atom stereocenters. The van der Waals surface area contributed by atoms with Gasteiger partial charge in [-0.25, -0.2) is 4.79 Å². The summed E-state index contributed by atoms with van der Waals surface area (Å²) >= 11 is 0. The molecule has 0 radical (unpaired) electrons. The Bertz CT molecular complexity index is 258. The largest absolute Gasteiger partial charge is 0.377 e. The summed E-state index contributed by atoms with van der Waals surface area (Å²) in [7, 11) is 1.55. The maximum atomic E-state index is 11.8. The van der Waals surface area contributed by atoms with Crippen LogP contribution in [0.4, 0.5) is 4.79 Å². The van der Waals surface area contributed by atoms with Gasteiger partial charge >= 0.3 is 6.03 Å². The molecule has 1 heterocycles. The molecule has 1 atom stereocenters. The third-order valence-corrected chi connectivity index (χ3v) is 2.46. The molecular weight excluding hydrogens is 210 g/mol. The Kier molecular flexibility index (Phi) is 5.04. The van der Waals surface area contributed by atoms with Crippen molar-refractivity contribution in [3.63, 3.8) is 0 Å². The first-order valence-electron chi connectivity index (χ1n) is 5.54. The van der Waals surface area contributed by atoms with E-state index < -0.39 is 6.04 Å². The van der Waals surface area contributed by atoms with Crippen LogP contribution in [0, 0.1) is 0 Å². The highest BCUT2D eigenvalue weighted by molar-refractivity contribution is 5.87. The number of hydrogen-bond donors (Lipinski definition) is 2. The first kappa shape index (κ1) is 12.8. The van der Waals surface area contributed by atoms with Crippen LogP contribution in [0.15, 0.2) is 0 Å². The second-order valence-corrected chi connectivity index (χ2v) is 3.63.